The first-order chi connectivity index (χ1) is 13.0. The van der Waals surface area contributed by atoms with Crippen molar-refractivity contribution in [2.24, 2.45) is 5.92 Å². The minimum atomic E-state index is -0.792. The summed E-state index contributed by atoms with van der Waals surface area (Å²) in [5.74, 6) is 1.28. The number of hydrogen-bond donors (Lipinski definition) is 3. The van der Waals surface area contributed by atoms with Crippen LogP contribution in [0.4, 0.5) is 0 Å². The van der Waals surface area contributed by atoms with Crippen molar-refractivity contribution in [2.45, 2.75) is 20.1 Å². The van der Waals surface area contributed by atoms with Gasteiger partial charge in [0.25, 0.3) is 0 Å². The molecule has 142 valence electrons. The van der Waals surface area contributed by atoms with E-state index in [0.29, 0.717) is 35.3 Å². The zero-order valence-corrected chi connectivity index (χ0v) is 15.5. The fourth-order valence-corrected chi connectivity index (χ4v) is 2.55. The lowest BCUT2D eigenvalue weighted by molar-refractivity contribution is 0.134. The minimum Gasteiger partial charge on any atom is -0.493 e. The number of methoxy groups -OCH3 is 1. The highest BCUT2D eigenvalue weighted by Crippen LogP contribution is 2.31. The SMILES string of the molecule is COc1cc(-c2cnn(-c3ccc(C(O)NCC(C)C)cn3)c2O)ccn1. The molecule has 0 bridgehead atoms. The van der Waals surface area contributed by atoms with E-state index in [9.17, 15) is 10.2 Å². The molecule has 0 amide bonds. The van der Waals surface area contributed by atoms with Crippen LogP contribution in [0.15, 0.2) is 42.9 Å². The average molecular weight is 369 g/mol. The van der Waals surface area contributed by atoms with Crippen molar-refractivity contribution in [3.63, 3.8) is 0 Å². The van der Waals surface area contributed by atoms with Crippen molar-refractivity contribution in [1.82, 2.24) is 25.1 Å². The minimum absolute atomic E-state index is 0.0398. The molecule has 3 N–H and O–H groups in total. The predicted octanol–water partition coefficient (Wildman–Crippen LogP) is 2.28. The summed E-state index contributed by atoms with van der Waals surface area (Å²) in [6, 6.07) is 6.92. The van der Waals surface area contributed by atoms with E-state index in [4.69, 9.17) is 4.74 Å². The Balaban J connectivity index is 1.82. The first-order valence-electron chi connectivity index (χ1n) is 8.64. The van der Waals surface area contributed by atoms with Crippen LogP contribution < -0.4 is 10.1 Å². The Labute approximate surface area is 157 Å². The quantitative estimate of drug-likeness (QED) is 0.549. The maximum absolute atomic E-state index is 10.6. The summed E-state index contributed by atoms with van der Waals surface area (Å²) < 4.78 is 6.45. The molecule has 8 nitrogen and oxygen atoms in total. The first-order valence-corrected chi connectivity index (χ1v) is 8.64. The third-order valence-corrected chi connectivity index (χ3v) is 4.02. The van der Waals surface area contributed by atoms with E-state index in [-0.39, 0.29) is 5.88 Å². The van der Waals surface area contributed by atoms with Gasteiger partial charge < -0.3 is 14.9 Å². The van der Waals surface area contributed by atoms with Crippen LogP contribution in [0, 0.1) is 5.92 Å². The van der Waals surface area contributed by atoms with Gasteiger partial charge in [-0.1, -0.05) is 13.8 Å². The van der Waals surface area contributed by atoms with Gasteiger partial charge in [0.15, 0.2) is 5.82 Å². The van der Waals surface area contributed by atoms with E-state index in [2.05, 4.69) is 34.2 Å². The highest BCUT2D eigenvalue weighted by molar-refractivity contribution is 5.69. The summed E-state index contributed by atoms with van der Waals surface area (Å²) in [5.41, 5.74) is 1.92. The van der Waals surface area contributed by atoms with E-state index >= 15 is 0 Å². The van der Waals surface area contributed by atoms with E-state index in [1.165, 1.54) is 11.8 Å². The van der Waals surface area contributed by atoms with Gasteiger partial charge in [0.2, 0.25) is 11.8 Å². The summed E-state index contributed by atoms with van der Waals surface area (Å²) in [5, 5.41) is 28.0. The third-order valence-electron chi connectivity index (χ3n) is 4.02. The largest absolute Gasteiger partial charge is 0.493 e. The fraction of sp³-hybridized carbons (Fsp3) is 0.316. The Morgan fingerprint density at radius 2 is 2.00 bits per heavy atom. The summed E-state index contributed by atoms with van der Waals surface area (Å²) in [7, 11) is 1.53. The molecule has 1 atom stereocenters. The molecule has 27 heavy (non-hydrogen) atoms. The molecule has 0 radical (unpaired) electrons. The van der Waals surface area contributed by atoms with Gasteiger partial charge in [-0.05, 0) is 29.7 Å². The molecule has 3 aromatic heterocycles. The molecule has 0 aromatic carbocycles. The zero-order valence-electron chi connectivity index (χ0n) is 15.5. The Morgan fingerprint density at radius 3 is 2.67 bits per heavy atom. The van der Waals surface area contributed by atoms with Crippen LogP contribution in [0.25, 0.3) is 16.9 Å². The zero-order chi connectivity index (χ0) is 19.4. The number of aliphatic hydroxyl groups is 1. The summed E-state index contributed by atoms with van der Waals surface area (Å²) >= 11 is 0. The summed E-state index contributed by atoms with van der Waals surface area (Å²) in [6.45, 7) is 4.83. The third kappa shape index (κ3) is 4.24. The average Bonchev–Trinajstić information content (AvgIpc) is 3.07. The van der Waals surface area contributed by atoms with Gasteiger partial charge in [-0.25, -0.2) is 9.97 Å². The molecule has 0 spiro atoms. The van der Waals surface area contributed by atoms with Gasteiger partial charge in [0.05, 0.1) is 18.9 Å². The highest BCUT2D eigenvalue weighted by atomic mass is 16.5. The Kier molecular flexibility index (Phi) is 5.68. The molecule has 0 saturated carbocycles. The number of hydrogen-bond acceptors (Lipinski definition) is 7. The van der Waals surface area contributed by atoms with E-state index in [1.807, 2.05) is 0 Å². The smallest absolute Gasteiger partial charge is 0.223 e. The van der Waals surface area contributed by atoms with Crippen LogP contribution in [0.5, 0.6) is 11.8 Å². The number of rotatable bonds is 7. The molecule has 0 aliphatic rings. The molecule has 0 aliphatic carbocycles. The molecule has 3 aromatic rings. The Morgan fingerprint density at radius 1 is 1.19 bits per heavy atom. The Bertz CT molecular complexity index is 893. The fourth-order valence-electron chi connectivity index (χ4n) is 2.55. The van der Waals surface area contributed by atoms with Crippen LogP contribution in [-0.2, 0) is 0 Å². The van der Waals surface area contributed by atoms with Gasteiger partial charge in [-0.15, -0.1) is 0 Å². The molecule has 3 rings (SSSR count). The number of ether oxygens (including phenoxy) is 1. The molecule has 0 fully saturated rings. The molecular weight excluding hydrogens is 346 g/mol. The van der Waals surface area contributed by atoms with Crippen molar-refractivity contribution >= 4 is 0 Å². The van der Waals surface area contributed by atoms with E-state index in [0.717, 1.165) is 5.56 Å². The second-order valence-electron chi connectivity index (χ2n) is 6.53. The second-order valence-corrected chi connectivity index (χ2v) is 6.53. The maximum Gasteiger partial charge on any atom is 0.223 e. The van der Waals surface area contributed by atoms with Crippen LogP contribution in [0.2, 0.25) is 0 Å². The van der Waals surface area contributed by atoms with Crippen molar-refractivity contribution < 1.29 is 14.9 Å². The lowest BCUT2D eigenvalue weighted by Crippen LogP contribution is -2.25. The van der Waals surface area contributed by atoms with Crippen LogP contribution in [-0.4, -0.2) is 43.6 Å². The number of aliphatic hydroxyl groups excluding tert-OH is 1. The van der Waals surface area contributed by atoms with Crippen molar-refractivity contribution in [2.75, 3.05) is 13.7 Å². The number of pyridine rings is 2. The molecule has 3 heterocycles. The predicted molar refractivity (Wildman–Crippen MR) is 101 cm³/mol. The first kappa shape index (κ1) is 18.8. The summed E-state index contributed by atoms with van der Waals surface area (Å²) in [4.78, 5) is 8.36. The molecule has 8 heteroatoms. The normalized spacial score (nSPS) is 12.3. The molecule has 1 unspecified atom stereocenters. The number of nitrogens with one attached hydrogen (secondary N) is 1. The van der Waals surface area contributed by atoms with Crippen LogP contribution in [0.1, 0.15) is 25.6 Å². The van der Waals surface area contributed by atoms with Crippen molar-refractivity contribution in [1.29, 1.82) is 0 Å². The van der Waals surface area contributed by atoms with Gasteiger partial charge >= 0.3 is 0 Å². The van der Waals surface area contributed by atoms with Crippen molar-refractivity contribution in [3.05, 3.63) is 48.4 Å². The number of aromatic hydroxyl groups is 1. The lowest BCUT2D eigenvalue weighted by atomic mass is 10.1. The standard InChI is InChI=1S/C19H23N5O3/c1-12(2)9-22-18(25)14-4-5-16(21-10-14)24-19(26)15(11-23-24)13-6-7-20-17(8-13)27-3/h4-8,10-12,18,22,25-26H,9H2,1-3H3. The van der Waals surface area contributed by atoms with Crippen molar-refractivity contribution in [3.8, 4) is 28.7 Å². The maximum atomic E-state index is 10.6. The van der Waals surface area contributed by atoms with Gasteiger partial charge in [0.1, 0.15) is 6.23 Å². The van der Waals surface area contributed by atoms with Crippen LogP contribution >= 0.6 is 0 Å². The Hall–Kier alpha value is -2.97. The lowest BCUT2D eigenvalue weighted by Gasteiger charge is -2.14. The monoisotopic (exact) mass is 369 g/mol. The molecular formula is C19H23N5O3. The summed E-state index contributed by atoms with van der Waals surface area (Å²) in [6.07, 6.45) is 3.92. The van der Waals surface area contributed by atoms with E-state index in [1.54, 1.807) is 42.9 Å². The highest BCUT2D eigenvalue weighted by Gasteiger charge is 2.15. The van der Waals surface area contributed by atoms with E-state index < -0.39 is 6.23 Å². The number of nitrogens with zero attached hydrogens (tertiary/aromatic N) is 4. The molecule has 0 aliphatic heterocycles. The number of aromatic nitrogens is 4. The molecule has 0 saturated heterocycles. The van der Waals surface area contributed by atoms with Gasteiger partial charge in [-0.3, -0.25) is 5.32 Å². The van der Waals surface area contributed by atoms with Gasteiger partial charge in [0, 0.05) is 30.6 Å². The van der Waals surface area contributed by atoms with Gasteiger partial charge in [-0.2, -0.15) is 9.78 Å². The second kappa shape index (κ2) is 8.15. The topological polar surface area (TPSA) is 105 Å². The van der Waals surface area contributed by atoms with Crippen LogP contribution in [0.3, 0.4) is 0 Å².